The zero-order valence-corrected chi connectivity index (χ0v) is 9.94. The van der Waals surface area contributed by atoms with Crippen molar-refractivity contribution in [2.45, 2.75) is 13.8 Å². The van der Waals surface area contributed by atoms with Gasteiger partial charge in [0, 0.05) is 19.8 Å². The van der Waals surface area contributed by atoms with Crippen molar-refractivity contribution in [3.8, 4) is 11.4 Å². The van der Waals surface area contributed by atoms with E-state index < -0.39 is 0 Å². The lowest BCUT2D eigenvalue weighted by Gasteiger charge is -2.14. The highest BCUT2D eigenvalue weighted by Gasteiger charge is 2.13. The van der Waals surface area contributed by atoms with Crippen molar-refractivity contribution in [1.29, 1.82) is 0 Å². The second-order valence-corrected chi connectivity index (χ2v) is 4.01. The summed E-state index contributed by atoms with van der Waals surface area (Å²) in [5, 5.41) is 7.13. The van der Waals surface area contributed by atoms with Crippen molar-refractivity contribution in [1.82, 2.24) is 20.2 Å². The number of hydrogen-bond donors (Lipinski definition) is 1. The molecule has 0 atom stereocenters. The molecule has 2 rings (SSSR count). The lowest BCUT2D eigenvalue weighted by Crippen LogP contribution is -2.13. The van der Waals surface area contributed by atoms with Crippen LogP contribution in [-0.4, -0.2) is 34.3 Å². The van der Waals surface area contributed by atoms with Crippen LogP contribution in [0.5, 0.6) is 0 Å². The van der Waals surface area contributed by atoms with Gasteiger partial charge in [-0.15, -0.1) is 0 Å². The van der Waals surface area contributed by atoms with Crippen LogP contribution in [0.4, 0.5) is 5.82 Å². The van der Waals surface area contributed by atoms with Crippen molar-refractivity contribution in [3.63, 3.8) is 0 Å². The summed E-state index contributed by atoms with van der Waals surface area (Å²) in [5.41, 5.74) is 3.55. The Morgan fingerprint density at radius 3 is 2.56 bits per heavy atom. The van der Waals surface area contributed by atoms with Crippen LogP contribution < -0.4 is 4.90 Å². The lowest BCUT2D eigenvalue weighted by molar-refractivity contribution is 1.00. The third-order valence-electron chi connectivity index (χ3n) is 2.25. The first kappa shape index (κ1) is 10.6. The first-order valence-electron chi connectivity index (χ1n) is 5.11. The Morgan fingerprint density at radius 1 is 1.25 bits per heavy atom. The molecule has 16 heavy (non-hydrogen) atoms. The van der Waals surface area contributed by atoms with Gasteiger partial charge in [-0.2, -0.15) is 5.10 Å². The summed E-state index contributed by atoms with van der Waals surface area (Å²) in [6.07, 6.45) is 1.76. The molecule has 5 heteroatoms. The predicted octanol–water partition coefficient (Wildman–Crippen LogP) is 1.55. The molecule has 0 aliphatic rings. The number of H-pyrrole nitrogens is 1. The Kier molecular flexibility index (Phi) is 2.60. The van der Waals surface area contributed by atoms with Gasteiger partial charge in [0.15, 0.2) is 5.82 Å². The second-order valence-electron chi connectivity index (χ2n) is 4.01. The first-order chi connectivity index (χ1) is 7.58. The largest absolute Gasteiger partial charge is 0.361 e. The van der Waals surface area contributed by atoms with Gasteiger partial charge in [-0.3, -0.25) is 5.10 Å². The molecule has 0 amide bonds. The van der Waals surface area contributed by atoms with Gasteiger partial charge in [-0.05, 0) is 19.9 Å². The number of aromatic amines is 1. The summed E-state index contributed by atoms with van der Waals surface area (Å²) in [7, 11) is 3.89. The Bertz CT molecular complexity index is 501. The number of anilines is 1. The minimum absolute atomic E-state index is 0.814. The van der Waals surface area contributed by atoms with Crippen molar-refractivity contribution in [3.05, 3.63) is 23.7 Å². The molecule has 0 radical (unpaired) electrons. The number of aromatic nitrogens is 4. The lowest BCUT2D eigenvalue weighted by atomic mass is 10.2. The van der Waals surface area contributed by atoms with Gasteiger partial charge in [0.05, 0.1) is 11.9 Å². The number of rotatable bonds is 2. The first-order valence-corrected chi connectivity index (χ1v) is 5.11. The fraction of sp³-hybridized carbons (Fsp3) is 0.364. The third kappa shape index (κ3) is 1.88. The van der Waals surface area contributed by atoms with Crippen LogP contribution in [-0.2, 0) is 0 Å². The summed E-state index contributed by atoms with van der Waals surface area (Å²) >= 11 is 0. The van der Waals surface area contributed by atoms with Crippen LogP contribution in [0.15, 0.2) is 12.3 Å². The van der Waals surface area contributed by atoms with E-state index in [1.54, 1.807) is 6.20 Å². The summed E-state index contributed by atoms with van der Waals surface area (Å²) in [6.45, 7) is 3.89. The van der Waals surface area contributed by atoms with Gasteiger partial charge in [0.1, 0.15) is 11.4 Å². The van der Waals surface area contributed by atoms with Crippen LogP contribution in [0.25, 0.3) is 11.4 Å². The molecule has 84 valence electrons. The smallest absolute Gasteiger partial charge is 0.156 e. The van der Waals surface area contributed by atoms with E-state index in [2.05, 4.69) is 20.2 Å². The van der Waals surface area contributed by atoms with Gasteiger partial charge in [-0.25, -0.2) is 9.97 Å². The summed E-state index contributed by atoms with van der Waals surface area (Å²) < 4.78 is 0. The highest BCUT2D eigenvalue weighted by molar-refractivity contribution is 5.69. The number of hydrogen-bond acceptors (Lipinski definition) is 4. The molecule has 0 aliphatic carbocycles. The topological polar surface area (TPSA) is 57.7 Å². The molecule has 0 bridgehead atoms. The van der Waals surface area contributed by atoms with Crippen LogP contribution in [0.1, 0.15) is 11.4 Å². The molecule has 2 aromatic rings. The number of nitrogens with one attached hydrogen (secondary N) is 1. The molecule has 0 unspecified atom stereocenters. The van der Waals surface area contributed by atoms with E-state index >= 15 is 0 Å². The molecule has 0 aliphatic heterocycles. The quantitative estimate of drug-likeness (QED) is 0.829. The van der Waals surface area contributed by atoms with Crippen LogP contribution in [0, 0.1) is 13.8 Å². The maximum Gasteiger partial charge on any atom is 0.156 e. The third-order valence-corrected chi connectivity index (χ3v) is 2.25. The van der Waals surface area contributed by atoms with Crippen LogP contribution in [0.2, 0.25) is 0 Å². The molecule has 0 fully saturated rings. The van der Waals surface area contributed by atoms with Gasteiger partial charge in [-0.1, -0.05) is 0 Å². The van der Waals surface area contributed by atoms with E-state index in [9.17, 15) is 0 Å². The van der Waals surface area contributed by atoms with Crippen LogP contribution >= 0.6 is 0 Å². The fourth-order valence-corrected chi connectivity index (χ4v) is 1.51. The summed E-state index contributed by atoms with van der Waals surface area (Å²) in [5.74, 6) is 0.831. The van der Waals surface area contributed by atoms with Gasteiger partial charge in [0.2, 0.25) is 0 Å². The molecular formula is C11H15N5. The van der Waals surface area contributed by atoms with Crippen molar-refractivity contribution in [2.75, 3.05) is 19.0 Å². The Balaban J connectivity index is 2.57. The molecule has 5 nitrogen and oxygen atoms in total. The fourth-order valence-electron chi connectivity index (χ4n) is 1.51. The van der Waals surface area contributed by atoms with Crippen molar-refractivity contribution in [2.24, 2.45) is 0 Å². The molecule has 0 spiro atoms. The van der Waals surface area contributed by atoms with E-state index in [-0.39, 0.29) is 0 Å². The van der Waals surface area contributed by atoms with E-state index in [4.69, 9.17) is 0 Å². The normalized spacial score (nSPS) is 10.5. The van der Waals surface area contributed by atoms with Gasteiger partial charge in [0.25, 0.3) is 0 Å². The average Bonchev–Trinajstić information content (AvgIpc) is 2.64. The van der Waals surface area contributed by atoms with Crippen molar-refractivity contribution < 1.29 is 0 Å². The minimum atomic E-state index is 0.814. The predicted molar refractivity (Wildman–Crippen MR) is 63.4 cm³/mol. The monoisotopic (exact) mass is 217 g/mol. The van der Waals surface area contributed by atoms with Gasteiger partial charge >= 0.3 is 0 Å². The zero-order chi connectivity index (χ0) is 11.7. The number of aryl methyl sites for hydroxylation is 2. The Labute approximate surface area is 94.5 Å². The van der Waals surface area contributed by atoms with E-state index in [1.807, 2.05) is 38.9 Å². The molecule has 0 aromatic carbocycles. The molecule has 1 N–H and O–H groups in total. The van der Waals surface area contributed by atoms with Gasteiger partial charge < -0.3 is 4.90 Å². The minimum Gasteiger partial charge on any atom is -0.361 e. The molecule has 0 saturated heterocycles. The van der Waals surface area contributed by atoms with Crippen LogP contribution in [0.3, 0.4) is 0 Å². The molecule has 0 saturated carbocycles. The highest BCUT2D eigenvalue weighted by Crippen LogP contribution is 2.24. The molecule has 2 heterocycles. The SMILES string of the molecule is Cc1cnc(N(C)C)c(-c2cc(C)[nH]n2)n1. The van der Waals surface area contributed by atoms with E-state index in [1.165, 1.54) is 0 Å². The summed E-state index contributed by atoms with van der Waals surface area (Å²) in [6, 6.07) is 1.97. The second kappa shape index (κ2) is 3.92. The zero-order valence-electron chi connectivity index (χ0n) is 9.94. The van der Waals surface area contributed by atoms with Crippen molar-refractivity contribution >= 4 is 5.82 Å². The maximum atomic E-state index is 4.49. The highest BCUT2D eigenvalue weighted by atomic mass is 15.2. The Morgan fingerprint density at radius 2 is 2.00 bits per heavy atom. The molecular weight excluding hydrogens is 202 g/mol. The standard InChI is InChI=1S/C11H15N5/c1-7-5-9(15-14-7)10-11(16(3)4)12-6-8(2)13-10/h5-6H,1-4H3,(H,14,15). The Hall–Kier alpha value is -1.91. The maximum absolute atomic E-state index is 4.49. The average molecular weight is 217 g/mol. The summed E-state index contributed by atoms with van der Waals surface area (Å²) in [4.78, 5) is 10.8. The van der Waals surface area contributed by atoms with E-state index in [0.29, 0.717) is 0 Å². The van der Waals surface area contributed by atoms with E-state index in [0.717, 1.165) is 28.6 Å². The molecule has 2 aromatic heterocycles. The number of nitrogens with zero attached hydrogens (tertiary/aromatic N) is 4.